The molecule has 0 aliphatic rings. The van der Waals surface area contributed by atoms with Gasteiger partial charge in [-0.05, 0) is 36.8 Å². The van der Waals surface area contributed by atoms with Gasteiger partial charge in [0.1, 0.15) is 5.82 Å². The summed E-state index contributed by atoms with van der Waals surface area (Å²) in [4.78, 5) is 0. The SMILES string of the molecule is CCn1cc(Cn2cc(NC(=S)Nc3cnn(Cc4ccc(F)cc4)c3)cn2)cn1. The number of benzene rings is 1. The van der Waals surface area contributed by atoms with Crippen LogP contribution in [0, 0.1) is 5.82 Å². The third-order valence-electron chi connectivity index (χ3n) is 4.40. The monoisotopic (exact) mass is 424 g/mol. The third kappa shape index (κ3) is 5.09. The molecule has 0 unspecified atom stereocenters. The Morgan fingerprint density at radius 3 is 1.97 bits per heavy atom. The maximum Gasteiger partial charge on any atom is 0.175 e. The van der Waals surface area contributed by atoms with Crippen molar-refractivity contribution >= 4 is 28.7 Å². The van der Waals surface area contributed by atoms with E-state index in [2.05, 4.69) is 25.9 Å². The van der Waals surface area contributed by atoms with Crippen molar-refractivity contribution in [3.05, 3.63) is 78.4 Å². The van der Waals surface area contributed by atoms with Gasteiger partial charge in [0.05, 0.1) is 43.1 Å². The summed E-state index contributed by atoms with van der Waals surface area (Å²) in [5, 5.41) is 19.6. The van der Waals surface area contributed by atoms with E-state index < -0.39 is 0 Å². The van der Waals surface area contributed by atoms with Crippen LogP contribution in [-0.2, 0) is 19.6 Å². The zero-order chi connectivity index (χ0) is 20.9. The lowest BCUT2D eigenvalue weighted by Gasteiger charge is -2.06. The van der Waals surface area contributed by atoms with Crippen molar-refractivity contribution < 1.29 is 4.39 Å². The summed E-state index contributed by atoms with van der Waals surface area (Å²) in [5.74, 6) is -0.252. The Bertz CT molecular complexity index is 1130. The van der Waals surface area contributed by atoms with Crippen LogP contribution in [0.15, 0.2) is 61.4 Å². The van der Waals surface area contributed by atoms with Gasteiger partial charge in [0.2, 0.25) is 0 Å². The fraction of sp³-hybridized carbons (Fsp3) is 0.200. The van der Waals surface area contributed by atoms with E-state index in [1.54, 1.807) is 29.2 Å². The first-order valence-electron chi connectivity index (χ1n) is 9.46. The van der Waals surface area contributed by atoms with E-state index in [1.807, 2.05) is 41.1 Å². The molecule has 0 amide bonds. The largest absolute Gasteiger partial charge is 0.330 e. The molecule has 30 heavy (non-hydrogen) atoms. The summed E-state index contributed by atoms with van der Waals surface area (Å²) in [7, 11) is 0. The van der Waals surface area contributed by atoms with Crippen molar-refractivity contribution in [2.24, 2.45) is 0 Å². The van der Waals surface area contributed by atoms with Gasteiger partial charge in [0.25, 0.3) is 0 Å². The van der Waals surface area contributed by atoms with E-state index in [0.29, 0.717) is 18.2 Å². The van der Waals surface area contributed by atoms with E-state index in [4.69, 9.17) is 12.2 Å². The number of thiocarbonyl (C=S) groups is 1. The Kier molecular flexibility index (Phi) is 5.84. The second kappa shape index (κ2) is 8.87. The van der Waals surface area contributed by atoms with Crippen LogP contribution in [0.4, 0.5) is 15.8 Å². The van der Waals surface area contributed by atoms with Gasteiger partial charge in [-0.1, -0.05) is 12.1 Å². The molecule has 0 aliphatic carbocycles. The zero-order valence-corrected chi connectivity index (χ0v) is 17.2. The average Bonchev–Trinajstić information content (AvgIpc) is 3.46. The maximum atomic E-state index is 13.0. The van der Waals surface area contributed by atoms with Crippen LogP contribution in [0.2, 0.25) is 0 Å². The smallest absolute Gasteiger partial charge is 0.175 e. The molecule has 1 aromatic carbocycles. The Labute approximate surface area is 178 Å². The molecule has 4 aromatic rings. The van der Waals surface area contributed by atoms with Crippen molar-refractivity contribution in [3.63, 3.8) is 0 Å². The number of aromatic nitrogens is 6. The van der Waals surface area contributed by atoms with Crippen LogP contribution in [-0.4, -0.2) is 34.5 Å². The average molecular weight is 425 g/mol. The normalized spacial score (nSPS) is 10.9. The lowest BCUT2D eigenvalue weighted by atomic mass is 10.2. The molecule has 0 aliphatic heterocycles. The highest BCUT2D eigenvalue weighted by molar-refractivity contribution is 7.80. The minimum Gasteiger partial charge on any atom is -0.330 e. The molecular weight excluding hydrogens is 403 g/mol. The zero-order valence-electron chi connectivity index (χ0n) is 16.4. The molecule has 0 fully saturated rings. The van der Waals surface area contributed by atoms with E-state index in [0.717, 1.165) is 29.0 Å². The van der Waals surface area contributed by atoms with Crippen LogP contribution in [0.3, 0.4) is 0 Å². The fourth-order valence-corrected chi connectivity index (χ4v) is 3.18. The minimum atomic E-state index is -0.252. The molecule has 2 N–H and O–H groups in total. The quantitative estimate of drug-likeness (QED) is 0.443. The fourth-order valence-electron chi connectivity index (χ4n) is 2.95. The van der Waals surface area contributed by atoms with E-state index >= 15 is 0 Å². The number of nitrogens with zero attached hydrogens (tertiary/aromatic N) is 6. The van der Waals surface area contributed by atoms with Crippen molar-refractivity contribution in [1.29, 1.82) is 0 Å². The van der Waals surface area contributed by atoms with Crippen molar-refractivity contribution in [2.75, 3.05) is 10.6 Å². The maximum absolute atomic E-state index is 13.0. The van der Waals surface area contributed by atoms with Gasteiger partial charge in [-0.2, -0.15) is 15.3 Å². The van der Waals surface area contributed by atoms with Crippen LogP contribution in [0.25, 0.3) is 0 Å². The summed E-state index contributed by atoms with van der Waals surface area (Å²) in [6.07, 6.45) is 11.0. The number of halogens is 1. The van der Waals surface area contributed by atoms with Crippen molar-refractivity contribution in [3.8, 4) is 0 Å². The Morgan fingerprint density at radius 2 is 1.40 bits per heavy atom. The lowest BCUT2D eigenvalue weighted by molar-refractivity contribution is 0.624. The second-order valence-electron chi connectivity index (χ2n) is 6.76. The van der Waals surface area contributed by atoms with E-state index in [1.165, 1.54) is 12.1 Å². The molecule has 3 aromatic heterocycles. The molecule has 3 heterocycles. The highest BCUT2D eigenvalue weighted by atomic mass is 32.1. The van der Waals surface area contributed by atoms with Crippen molar-refractivity contribution in [2.45, 2.75) is 26.6 Å². The first-order valence-corrected chi connectivity index (χ1v) is 9.87. The Balaban J connectivity index is 1.30. The summed E-state index contributed by atoms with van der Waals surface area (Å²) in [5.41, 5.74) is 3.59. The van der Waals surface area contributed by atoms with Crippen LogP contribution >= 0.6 is 12.2 Å². The number of nitrogens with one attached hydrogen (secondary N) is 2. The van der Waals surface area contributed by atoms with Crippen molar-refractivity contribution in [1.82, 2.24) is 29.3 Å². The molecule has 10 heteroatoms. The highest BCUT2D eigenvalue weighted by Crippen LogP contribution is 2.12. The molecular formula is C20H21FN8S. The topological polar surface area (TPSA) is 77.5 Å². The van der Waals surface area contributed by atoms with Gasteiger partial charge in [-0.3, -0.25) is 14.0 Å². The summed E-state index contributed by atoms with van der Waals surface area (Å²) in [6.45, 7) is 4.07. The Hall–Kier alpha value is -3.53. The first kappa shape index (κ1) is 19.8. The third-order valence-corrected chi connectivity index (χ3v) is 4.60. The molecule has 154 valence electrons. The second-order valence-corrected chi connectivity index (χ2v) is 7.17. The van der Waals surface area contributed by atoms with Gasteiger partial charge >= 0.3 is 0 Å². The van der Waals surface area contributed by atoms with Gasteiger partial charge in [-0.25, -0.2) is 4.39 Å². The molecule has 0 radical (unpaired) electrons. The van der Waals surface area contributed by atoms with Crippen LogP contribution in [0.5, 0.6) is 0 Å². The number of rotatable bonds is 7. The molecule has 0 spiro atoms. The number of hydrogen-bond acceptors (Lipinski definition) is 4. The van der Waals surface area contributed by atoms with Gasteiger partial charge < -0.3 is 10.6 Å². The van der Waals surface area contributed by atoms with Crippen LogP contribution in [0.1, 0.15) is 18.1 Å². The predicted molar refractivity (Wildman–Crippen MR) is 117 cm³/mol. The van der Waals surface area contributed by atoms with Crippen LogP contribution < -0.4 is 10.6 Å². The molecule has 0 atom stereocenters. The standard InChI is InChI=1S/C20H21FN8S/c1-2-27-11-16(7-22-27)12-29-14-19(9-24-29)26-20(30)25-18-8-23-28(13-18)10-15-3-5-17(21)6-4-15/h3-9,11,13-14H,2,10,12H2,1H3,(H2,25,26,30). The first-order chi connectivity index (χ1) is 14.6. The summed E-state index contributed by atoms with van der Waals surface area (Å²) in [6, 6.07) is 6.35. The number of aryl methyl sites for hydroxylation is 1. The number of hydrogen-bond donors (Lipinski definition) is 2. The molecule has 0 bridgehead atoms. The summed E-state index contributed by atoms with van der Waals surface area (Å²) >= 11 is 5.38. The molecule has 0 saturated heterocycles. The predicted octanol–water partition coefficient (Wildman–Crippen LogP) is 3.34. The lowest BCUT2D eigenvalue weighted by Crippen LogP contribution is -2.18. The van der Waals surface area contributed by atoms with Gasteiger partial charge in [0.15, 0.2) is 5.11 Å². The summed E-state index contributed by atoms with van der Waals surface area (Å²) < 4.78 is 18.5. The van der Waals surface area contributed by atoms with E-state index in [9.17, 15) is 4.39 Å². The molecule has 0 saturated carbocycles. The van der Waals surface area contributed by atoms with Gasteiger partial charge in [-0.15, -0.1) is 0 Å². The van der Waals surface area contributed by atoms with E-state index in [-0.39, 0.29) is 5.82 Å². The van der Waals surface area contributed by atoms with Gasteiger partial charge in [0, 0.05) is 30.7 Å². The molecule has 8 nitrogen and oxygen atoms in total. The molecule has 4 rings (SSSR count). The minimum absolute atomic E-state index is 0.252. The Morgan fingerprint density at radius 1 is 0.833 bits per heavy atom. The highest BCUT2D eigenvalue weighted by Gasteiger charge is 2.06. The number of anilines is 2.